The van der Waals surface area contributed by atoms with Crippen molar-refractivity contribution in [1.29, 1.82) is 0 Å². The number of hydrogen-bond donors (Lipinski definition) is 0. The van der Waals surface area contributed by atoms with Crippen molar-refractivity contribution in [2.24, 2.45) is 0 Å². The highest BCUT2D eigenvalue weighted by atomic mass is 28.3. The van der Waals surface area contributed by atoms with E-state index in [-0.39, 0.29) is 11.5 Å². The van der Waals surface area contributed by atoms with Crippen LogP contribution in [-0.4, -0.2) is 20.7 Å². The molecule has 0 aromatic heterocycles. The number of ether oxygens (including phenoxy) is 1. The highest BCUT2D eigenvalue weighted by molar-refractivity contribution is 6.79. The van der Waals surface area contributed by atoms with E-state index < -0.39 is 8.07 Å². The summed E-state index contributed by atoms with van der Waals surface area (Å²) in [4.78, 5) is 11.9. The Balaban J connectivity index is 2.97. The summed E-state index contributed by atoms with van der Waals surface area (Å²) in [6, 6.07) is 11.3. The lowest BCUT2D eigenvalue weighted by atomic mass is 10.1. The molecule has 104 valence electrons. The zero-order chi connectivity index (χ0) is 14.3. The van der Waals surface area contributed by atoms with Gasteiger partial charge in [-0.2, -0.15) is 0 Å². The molecule has 1 unspecified atom stereocenters. The molecule has 0 radical (unpaired) electrons. The monoisotopic (exact) mass is 276 g/mol. The fraction of sp³-hybridized carbons (Fsp3) is 0.438. The molecule has 19 heavy (non-hydrogen) atoms. The van der Waals surface area contributed by atoms with Crippen LogP contribution in [0, 0.1) is 0 Å². The van der Waals surface area contributed by atoms with Crippen LogP contribution in [0.5, 0.6) is 0 Å². The van der Waals surface area contributed by atoms with E-state index in [2.05, 4.69) is 31.8 Å². The van der Waals surface area contributed by atoms with Gasteiger partial charge in [-0.3, -0.25) is 4.79 Å². The number of hydrogen-bond acceptors (Lipinski definition) is 2. The quantitative estimate of drug-likeness (QED) is 0.425. The van der Waals surface area contributed by atoms with Crippen molar-refractivity contribution in [3.05, 3.63) is 48.6 Å². The van der Waals surface area contributed by atoms with Gasteiger partial charge in [0.2, 0.25) is 0 Å². The molecule has 0 aliphatic rings. The Kier molecular flexibility index (Phi) is 6.02. The van der Waals surface area contributed by atoms with Crippen LogP contribution in [0.3, 0.4) is 0 Å². The Morgan fingerprint density at radius 1 is 1.37 bits per heavy atom. The third kappa shape index (κ3) is 4.67. The number of allylic oxidation sites excluding steroid dienone is 1. The summed E-state index contributed by atoms with van der Waals surface area (Å²) in [6.07, 6.45) is 2.46. The second kappa shape index (κ2) is 7.29. The maximum Gasteiger partial charge on any atom is 0.306 e. The smallest absolute Gasteiger partial charge is 0.306 e. The summed E-state index contributed by atoms with van der Waals surface area (Å²) in [5.41, 5.74) is 1.53. The van der Waals surface area contributed by atoms with E-state index in [1.807, 2.05) is 31.2 Å². The van der Waals surface area contributed by atoms with Crippen molar-refractivity contribution >= 4 is 14.0 Å². The standard InChI is InChI=1S/C16H24O2Si/c1-5-12-19(3,4)15(13-16(17)18-6-2)14-10-8-7-9-11-14/h5,7-11,15H,1,6,12-13H2,2-4H3. The minimum atomic E-state index is -1.58. The van der Waals surface area contributed by atoms with Gasteiger partial charge in [0.05, 0.1) is 14.7 Å². The lowest BCUT2D eigenvalue weighted by Gasteiger charge is -2.31. The van der Waals surface area contributed by atoms with E-state index >= 15 is 0 Å². The third-order valence-corrected chi connectivity index (χ3v) is 7.26. The number of esters is 1. The lowest BCUT2D eigenvalue weighted by Crippen LogP contribution is -2.36. The van der Waals surface area contributed by atoms with Crippen molar-refractivity contribution in [2.45, 2.75) is 38.0 Å². The van der Waals surface area contributed by atoms with Crippen LogP contribution in [0.1, 0.15) is 24.4 Å². The summed E-state index contributed by atoms with van der Waals surface area (Å²) in [5.74, 6) is -0.0963. The molecule has 1 aromatic carbocycles. The van der Waals surface area contributed by atoms with Crippen molar-refractivity contribution in [2.75, 3.05) is 6.61 Å². The first-order chi connectivity index (χ1) is 9.01. The Morgan fingerprint density at radius 2 is 2.00 bits per heavy atom. The normalized spacial score (nSPS) is 12.8. The lowest BCUT2D eigenvalue weighted by molar-refractivity contribution is -0.143. The molecule has 0 aliphatic carbocycles. The van der Waals surface area contributed by atoms with Crippen molar-refractivity contribution in [3.63, 3.8) is 0 Å². The zero-order valence-corrected chi connectivity index (χ0v) is 13.2. The zero-order valence-electron chi connectivity index (χ0n) is 12.2. The predicted octanol–water partition coefficient (Wildman–Crippen LogP) is 4.16. The molecule has 0 N–H and O–H groups in total. The van der Waals surface area contributed by atoms with Gasteiger partial charge in [0.15, 0.2) is 0 Å². The van der Waals surface area contributed by atoms with Crippen LogP contribution < -0.4 is 0 Å². The second-order valence-electron chi connectivity index (χ2n) is 5.45. The highest BCUT2D eigenvalue weighted by Gasteiger charge is 2.33. The van der Waals surface area contributed by atoms with Gasteiger partial charge in [-0.05, 0) is 24.1 Å². The number of benzene rings is 1. The van der Waals surface area contributed by atoms with E-state index in [0.29, 0.717) is 13.0 Å². The molecule has 1 rings (SSSR count). The first-order valence-corrected chi connectivity index (χ1v) is 10.1. The fourth-order valence-corrected chi connectivity index (χ4v) is 5.27. The summed E-state index contributed by atoms with van der Waals surface area (Å²) >= 11 is 0. The van der Waals surface area contributed by atoms with Crippen LogP contribution in [0.4, 0.5) is 0 Å². The van der Waals surface area contributed by atoms with Gasteiger partial charge in [0.25, 0.3) is 0 Å². The maximum absolute atomic E-state index is 11.9. The van der Waals surface area contributed by atoms with Crippen LogP contribution in [-0.2, 0) is 9.53 Å². The summed E-state index contributed by atoms with van der Waals surface area (Å²) in [6.45, 7) is 10.8. The van der Waals surface area contributed by atoms with Gasteiger partial charge in [0, 0.05) is 6.42 Å². The average Bonchev–Trinajstić information content (AvgIpc) is 2.37. The molecule has 3 heteroatoms. The Bertz CT molecular complexity index is 412. The molecule has 0 heterocycles. The first-order valence-electron chi connectivity index (χ1n) is 6.82. The molecule has 0 amide bonds. The first kappa shape index (κ1) is 15.7. The largest absolute Gasteiger partial charge is 0.466 e. The minimum Gasteiger partial charge on any atom is -0.466 e. The van der Waals surface area contributed by atoms with Crippen molar-refractivity contribution in [3.8, 4) is 0 Å². The Morgan fingerprint density at radius 3 is 2.53 bits per heavy atom. The number of carbonyl (C=O) groups is 1. The van der Waals surface area contributed by atoms with Gasteiger partial charge >= 0.3 is 5.97 Å². The van der Waals surface area contributed by atoms with Gasteiger partial charge in [0.1, 0.15) is 0 Å². The summed E-state index contributed by atoms with van der Waals surface area (Å²) in [5, 5.41) is 0. The maximum atomic E-state index is 11.9. The Labute approximate surface area is 117 Å². The third-order valence-electron chi connectivity index (χ3n) is 3.49. The topological polar surface area (TPSA) is 26.3 Å². The van der Waals surface area contributed by atoms with Crippen LogP contribution >= 0.6 is 0 Å². The van der Waals surface area contributed by atoms with Crippen LogP contribution in [0.25, 0.3) is 0 Å². The van der Waals surface area contributed by atoms with E-state index in [1.165, 1.54) is 5.56 Å². The van der Waals surface area contributed by atoms with Crippen LogP contribution in [0.2, 0.25) is 19.1 Å². The second-order valence-corrected chi connectivity index (χ2v) is 10.5. The van der Waals surface area contributed by atoms with E-state index in [9.17, 15) is 4.79 Å². The molecule has 0 aliphatic heterocycles. The SMILES string of the molecule is C=CC[Si](C)(C)C(CC(=O)OCC)c1ccccc1. The highest BCUT2D eigenvalue weighted by Crippen LogP contribution is 2.33. The van der Waals surface area contributed by atoms with Crippen molar-refractivity contribution < 1.29 is 9.53 Å². The van der Waals surface area contributed by atoms with Crippen LogP contribution in [0.15, 0.2) is 43.0 Å². The van der Waals surface area contributed by atoms with E-state index in [1.54, 1.807) is 0 Å². The minimum absolute atomic E-state index is 0.0963. The average molecular weight is 276 g/mol. The van der Waals surface area contributed by atoms with Gasteiger partial charge in [-0.1, -0.05) is 49.5 Å². The molecule has 1 atom stereocenters. The molecule has 0 spiro atoms. The van der Waals surface area contributed by atoms with Crippen molar-refractivity contribution in [1.82, 2.24) is 0 Å². The molecule has 2 nitrogen and oxygen atoms in total. The molecule has 0 bridgehead atoms. The predicted molar refractivity (Wildman–Crippen MR) is 82.9 cm³/mol. The molecular formula is C16H24O2Si. The number of rotatable bonds is 7. The fourth-order valence-electron chi connectivity index (χ4n) is 2.43. The van der Waals surface area contributed by atoms with Gasteiger partial charge in [-0.25, -0.2) is 0 Å². The van der Waals surface area contributed by atoms with Gasteiger partial charge < -0.3 is 4.74 Å². The summed E-state index contributed by atoms with van der Waals surface area (Å²) < 4.78 is 5.12. The number of carbonyl (C=O) groups excluding carboxylic acids is 1. The molecule has 0 saturated carbocycles. The summed E-state index contributed by atoms with van der Waals surface area (Å²) in [7, 11) is -1.58. The molecule has 0 saturated heterocycles. The Hall–Kier alpha value is -1.35. The van der Waals surface area contributed by atoms with Gasteiger partial charge in [-0.15, -0.1) is 6.58 Å². The molecule has 0 fully saturated rings. The van der Waals surface area contributed by atoms with E-state index in [0.717, 1.165) is 6.04 Å². The molecular weight excluding hydrogens is 252 g/mol. The van der Waals surface area contributed by atoms with E-state index in [4.69, 9.17) is 4.74 Å². The molecule has 1 aromatic rings.